The van der Waals surface area contributed by atoms with Gasteiger partial charge in [0.15, 0.2) is 0 Å². The molecule has 0 saturated heterocycles. The summed E-state index contributed by atoms with van der Waals surface area (Å²) in [6, 6.07) is 2.92. The van der Waals surface area contributed by atoms with Crippen molar-refractivity contribution >= 4 is 11.3 Å². The first-order chi connectivity index (χ1) is 7.29. The van der Waals surface area contributed by atoms with Crippen LogP contribution in [0.1, 0.15) is 30.0 Å². The van der Waals surface area contributed by atoms with Crippen LogP contribution in [0.4, 0.5) is 0 Å². The molecule has 0 atom stereocenters. The molecule has 0 aliphatic heterocycles. The SMILES string of the molecule is Cc1csc(CN(CCC#N)C2CC2)n1. The van der Waals surface area contributed by atoms with Crippen molar-refractivity contribution in [1.29, 1.82) is 5.26 Å². The number of rotatable bonds is 5. The van der Waals surface area contributed by atoms with Crippen molar-refractivity contribution in [2.45, 2.75) is 38.8 Å². The lowest BCUT2D eigenvalue weighted by atomic mass is 10.4. The van der Waals surface area contributed by atoms with E-state index in [9.17, 15) is 0 Å². The molecule has 0 radical (unpaired) electrons. The highest BCUT2D eigenvalue weighted by Gasteiger charge is 2.28. The summed E-state index contributed by atoms with van der Waals surface area (Å²) in [4.78, 5) is 6.85. The number of hydrogen-bond acceptors (Lipinski definition) is 4. The smallest absolute Gasteiger partial charge is 0.107 e. The van der Waals surface area contributed by atoms with Gasteiger partial charge in [0.05, 0.1) is 12.6 Å². The van der Waals surface area contributed by atoms with Gasteiger partial charge in [-0.3, -0.25) is 4.90 Å². The van der Waals surface area contributed by atoms with Crippen LogP contribution in [-0.2, 0) is 6.54 Å². The Hall–Kier alpha value is -0.920. The number of aromatic nitrogens is 1. The number of thiazole rings is 1. The molecule has 1 aliphatic carbocycles. The highest BCUT2D eigenvalue weighted by Crippen LogP contribution is 2.28. The van der Waals surface area contributed by atoms with Gasteiger partial charge in [-0.25, -0.2) is 4.98 Å². The predicted octanol–water partition coefficient (Wildman–Crippen LogP) is 2.33. The topological polar surface area (TPSA) is 39.9 Å². The molecule has 0 N–H and O–H groups in total. The number of aryl methyl sites for hydroxylation is 1. The summed E-state index contributed by atoms with van der Waals surface area (Å²) < 4.78 is 0. The van der Waals surface area contributed by atoms with Crippen molar-refractivity contribution in [2.75, 3.05) is 6.54 Å². The zero-order valence-corrected chi connectivity index (χ0v) is 9.76. The maximum atomic E-state index is 8.60. The largest absolute Gasteiger partial charge is 0.293 e. The lowest BCUT2D eigenvalue weighted by molar-refractivity contribution is 0.260. The second-order valence-corrected chi connectivity index (χ2v) is 4.94. The van der Waals surface area contributed by atoms with E-state index in [1.165, 1.54) is 17.8 Å². The Bertz CT molecular complexity index is 362. The van der Waals surface area contributed by atoms with Crippen LogP contribution in [0, 0.1) is 18.3 Å². The molecule has 1 fully saturated rings. The summed E-state index contributed by atoms with van der Waals surface area (Å²) in [5.74, 6) is 0. The van der Waals surface area contributed by atoms with Gasteiger partial charge >= 0.3 is 0 Å². The van der Waals surface area contributed by atoms with Crippen molar-refractivity contribution in [3.63, 3.8) is 0 Å². The molecule has 80 valence electrons. The van der Waals surface area contributed by atoms with Crippen molar-refractivity contribution < 1.29 is 0 Å². The molecule has 0 bridgehead atoms. The Morgan fingerprint density at radius 3 is 3.00 bits per heavy atom. The molecule has 1 aliphatic rings. The summed E-state index contributed by atoms with van der Waals surface area (Å²) in [6.45, 7) is 3.83. The first-order valence-corrected chi connectivity index (χ1v) is 6.19. The van der Waals surface area contributed by atoms with Crippen LogP contribution in [0.3, 0.4) is 0 Å². The number of nitriles is 1. The van der Waals surface area contributed by atoms with Crippen molar-refractivity contribution in [3.05, 3.63) is 16.1 Å². The quantitative estimate of drug-likeness (QED) is 0.766. The minimum absolute atomic E-state index is 0.626. The summed E-state index contributed by atoms with van der Waals surface area (Å²) in [7, 11) is 0. The molecular weight excluding hydrogens is 206 g/mol. The molecule has 1 aromatic rings. The van der Waals surface area contributed by atoms with E-state index in [0.29, 0.717) is 12.5 Å². The second kappa shape index (κ2) is 4.73. The minimum atomic E-state index is 0.626. The molecule has 0 spiro atoms. The number of nitrogens with zero attached hydrogens (tertiary/aromatic N) is 3. The standard InChI is InChI=1S/C11H15N3S/c1-9-8-15-11(13-9)7-14(6-2-5-12)10-3-4-10/h8,10H,2-4,6-7H2,1H3. The van der Waals surface area contributed by atoms with Crippen LogP contribution < -0.4 is 0 Å². The third kappa shape index (κ3) is 3.01. The Kier molecular flexibility index (Phi) is 3.34. The van der Waals surface area contributed by atoms with Gasteiger partial charge in [0.1, 0.15) is 5.01 Å². The third-order valence-electron chi connectivity index (χ3n) is 2.58. The van der Waals surface area contributed by atoms with Gasteiger partial charge in [0.25, 0.3) is 0 Å². The van der Waals surface area contributed by atoms with Crippen LogP contribution >= 0.6 is 11.3 Å². The normalized spacial score (nSPS) is 15.5. The van der Waals surface area contributed by atoms with Gasteiger partial charge in [-0.15, -0.1) is 11.3 Å². The Morgan fingerprint density at radius 2 is 2.47 bits per heavy atom. The third-order valence-corrected chi connectivity index (χ3v) is 3.53. The average molecular weight is 221 g/mol. The molecule has 3 nitrogen and oxygen atoms in total. The molecule has 4 heteroatoms. The summed E-state index contributed by atoms with van der Waals surface area (Å²) in [6.07, 6.45) is 3.20. The Labute approximate surface area is 94.4 Å². The van der Waals surface area contributed by atoms with Gasteiger partial charge in [0.2, 0.25) is 0 Å². The monoisotopic (exact) mass is 221 g/mol. The zero-order valence-electron chi connectivity index (χ0n) is 8.94. The fraction of sp³-hybridized carbons (Fsp3) is 0.636. The van der Waals surface area contributed by atoms with E-state index in [4.69, 9.17) is 5.26 Å². The predicted molar refractivity (Wildman–Crippen MR) is 60.5 cm³/mol. The van der Waals surface area contributed by atoms with E-state index in [1.807, 2.05) is 6.92 Å². The molecule has 15 heavy (non-hydrogen) atoms. The van der Waals surface area contributed by atoms with Crippen molar-refractivity contribution in [3.8, 4) is 6.07 Å². The Morgan fingerprint density at radius 1 is 1.67 bits per heavy atom. The summed E-state index contributed by atoms with van der Waals surface area (Å²) in [5.41, 5.74) is 1.10. The van der Waals surface area contributed by atoms with Gasteiger partial charge in [-0.2, -0.15) is 5.26 Å². The minimum Gasteiger partial charge on any atom is -0.293 e. The summed E-state index contributed by atoms with van der Waals surface area (Å²) >= 11 is 1.72. The highest BCUT2D eigenvalue weighted by molar-refractivity contribution is 7.09. The van der Waals surface area contributed by atoms with Crippen molar-refractivity contribution in [1.82, 2.24) is 9.88 Å². The van der Waals surface area contributed by atoms with Crippen LogP contribution in [0.2, 0.25) is 0 Å². The van der Waals surface area contributed by atoms with E-state index < -0.39 is 0 Å². The second-order valence-electron chi connectivity index (χ2n) is 3.99. The molecule has 0 unspecified atom stereocenters. The first-order valence-electron chi connectivity index (χ1n) is 5.31. The molecular formula is C11H15N3S. The van der Waals surface area contributed by atoms with Crippen molar-refractivity contribution in [2.24, 2.45) is 0 Å². The number of hydrogen-bond donors (Lipinski definition) is 0. The summed E-state index contributed by atoms with van der Waals surface area (Å²) in [5, 5.41) is 11.9. The average Bonchev–Trinajstić information content (AvgIpc) is 2.98. The lowest BCUT2D eigenvalue weighted by Crippen LogP contribution is -2.26. The molecule has 1 heterocycles. The van der Waals surface area contributed by atoms with E-state index in [2.05, 4.69) is 21.3 Å². The lowest BCUT2D eigenvalue weighted by Gasteiger charge is -2.18. The van der Waals surface area contributed by atoms with Gasteiger partial charge in [-0.05, 0) is 19.8 Å². The van der Waals surface area contributed by atoms with E-state index in [0.717, 1.165) is 18.8 Å². The van der Waals surface area contributed by atoms with Crippen LogP contribution in [0.15, 0.2) is 5.38 Å². The van der Waals surface area contributed by atoms with Gasteiger partial charge in [0, 0.05) is 30.1 Å². The van der Waals surface area contributed by atoms with Gasteiger partial charge in [-0.1, -0.05) is 0 Å². The maximum Gasteiger partial charge on any atom is 0.107 e. The first kappa shape index (κ1) is 10.6. The Balaban J connectivity index is 1.91. The fourth-order valence-corrected chi connectivity index (χ4v) is 2.47. The molecule has 0 amide bonds. The highest BCUT2D eigenvalue weighted by atomic mass is 32.1. The fourth-order valence-electron chi connectivity index (χ4n) is 1.67. The van der Waals surface area contributed by atoms with Crippen LogP contribution in [-0.4, -0.2) is 22.5 Å². The molecule has 1 saturated carbocycles. The molecule has 0 aromatic carbocycles. The molecule has 1 aromatic heterocycles. The van der Waals surface area contributed by atoms with E-state index >= 15 is 0 Å². The van der Waals surface area contributed by atoms with E-state index in [-0.39, 0.29) is 0 Å². The zero-order chi connectivity index (χ0) is 10.7. The van der Waals surface area contributed by atoms with Crippen LogP contribution in [0.5, 0.6) is 0 Å². The maximum absolute atomic E-state index is 8.60. The molecule has 2 rings (SSSR count). The van der Waals surface area contributed by atoms with Crippen LogP contribution in [0.25, 0.3) is 0 Å². The van der Waals surface area contributed by atoms with Gasteiger partial charge < -0.3 is 0 Å². The van der Waals surface area contributed by atoms with E-state index in [1.54, 1.807) is 11.3 Å².